The van der Waals surface area contributed by atoms with E-state index in [1.54, 1.807) is 0 Å². The summed E-state index contributed by atoms with van der Waals surface area (Å²) in [5, 5.41) is 0. The van der Waals surface area contributed by atoms with E-state index >= 15 is 0 Å². The van der Waals surface area contributed by atoms with Crippen LogP contribution < -0.4 is 0 Å². The standard InChI is InChI=1S/C7H13NO/c1-4-6-8-5-7(2,3)9-6/h4-5H2,1-3H3. The number of hydrogen-bond acceptors (Lipinski definition) is 2. The lowest BCUT2D eigenvalue weighted by Crippen LogP contribution is -2.23. The molecule has 1 aliphatic heterocycles. The first-order valence-corrected chi connectivity index (χ1v) is 3.36. The minimum absolute atomic E-state index is 0.0364. The van der Waals surface area contributed by atoms with Gasteiger partial charge in [0.15, 0.2) is 5.90 Å². The maximum Gasteiger partial charge on any atom is 0.183 e. The van der Waals surface area contributed by atoms with E-state index in [1.165, 1.54) is 0 Å². The Labute approximate surface area is 55.9 Å². The first kappa shape index (κ1) is 6.59. The van der Waals surface area contributed by atoms with Gasteiger partial charge in [-0.05, 0) is 13.8 Å². The molecule has 0 unspecified atom stereocenters. The van der Waals surface area contributed by atoms with Crippen LogP contribution >= 0.6 is 0 Å². The maximum atomic E-state index is 5.45. The van der Waals surface area contributed by atoms with Crippen molar-refractivity contribution in [3.8, 4) is 0 Å². The van der Waals surface area contributed by atoms with Gasteiger partial charge in [-0.25, -0.2) is 0 Å². The largest absolute Gasteiger partial charge is 0.473 e. The molecule has 9 heavy (non-hydrogen) atoms. The third kappa shape index (κ3) is 1.44. The monoisotopic (exact) mass is 127 g/mol. The van der Waals surface area contributed by atoms with Crippen molar-refractivity contribution in [3.05, 3.63) is 0 Å². The summed E-state index contributed by atoms with van der Waals surface area (Å²) in [6, 6.07) is 0. The molecule has 0 aliphatic carbocycles. The summed E-state index contributed by atoms with van der Waals surface area (Å²) in [5.41, 5.74) is -0.0364. The molecule has 0 aromatic heterocycles. The highest BCUT2D eigenvalue weighted by molar-refractivity contribution is 5.77. The zero-order valence-corrected chi connectivity index (χ0v) is 6.27. The summed E-state index contributed by atoms with van der Waals surface area (Å²) in [7, 11) is 0. The molecule has 1 heterocycles. The lowest BCUT2D eigenvalue weighted by molar-refractivity contribution is 0.127. The van der Waals surface area contributed by atoms with Gasteiger partial charge < -0.3 is 4.74 Å². The van der Waals surface area contributed by atoms with Gasteiger partial charge in [0.1, 0.15) is 5.60 Å². The third-order valence-corrected chi connectivity index (χ3v) is 1.33. The highest BCUT2D eigenvalue weighted by Crippen LogP contribution is 2.17. The molecule has 0 atom stereocenters. The predicted octanol–water partition coefficient (Wildman–Crippen LogP) is 1.60. The highest BCUT2D eigenvalue weighted by atomic mass is 16.5. The van der Waals surface area contributed by atoms with E-state index in [4.69, 9.17) is 4.74 Å². The van der Waals surface area contributed by atoms with Crippen LogP contribution in [0.25, 0.3) is 0 Å². The van der Waals surface area contributed by atoms with Crippen molar-refractivity contribution >= 4 is 5.90 Å². The number of ether oxygens (including phenoxy) is 1. The van der Waals surface area contributed by atoms with Crippen LogP contribution in [0.15, 0.2) is 4.99 Å². The Morgan fingerprint density at radius 3 is 2.56 bits per heavy atom. The summed E-state index contributed by atoms with van der Waals surface area (Å²) in [5.74, 6) is 0.903. The Morgan fingerprint density at radius 1 is 1.67 bits per heavy atom. The zero-order chi connectivity index (χ0) is 6.91. The van der Waals surface area contributed by atoms with Gasteiger partial charge in [0, 0.05) is 6.42 Å². The molecular weight excluding hydrogens is 114 g/mol. The van der Waals surface area contributed by atoms with Crippen LogP contribution in [0.4, 0.5) is 0 Å². The second-order valence-corrected chi connectivity index (χ2v) is 2.93. The van der Waals surface area contributed by atoms with Gasteiger partial charge in [-0.3, -0.25) is 4.99 Å². The average Bonchev–Trinajstić information content (AvgIpc) is 2.10. The number of hydrogen-bond donors (Lipinski definition) is 0. The van der Waals surface area contributed by atoms with Gasteiger partial charge in [0.05, 0.1) is 6.54 Å². The summed E-state index contributed by atoms with van der Waals surface area (Å²) in [4.78, 5) is 4.20. The van der Waals surface area contributed by atoms with Crippen molar-refractivity contribution in [2.45, 2.75) is 32.8 Å². The molecule has 2 heteroatoms. The fraction of sp³-hybridized carbons (Fsp3) is 0.857. The topological polar surface area (TPSA) is 21.6 Å². The van der Waals surface area contributed by atoms with Gasteiger partial charge in [-0.1, -0.05) is 6.92 Å². The SMILES string of the molecule is CCC1=NCC(C)(C)O1. The van der Waals surface area contributed by atoms with Crippen LogP contribution in [0.3, 0.4) is 0 Å². The fourth-order valence-electron chi connectivity index (χ4n) is 0.846. The minimum Gasteiger partial charge on any atom is -0.473 e. The van der Waals surface area contributed by atoms with Crippen molar-refractivity contribution in [3.63, 3.8) is 0 Å². The van der Waals surface area contributed by atoms with E-state index < -0.39 is 0 Å². The molecule has 2 nitrogen and oxygen atoms in total. The Hall–Kier alpha value is -0.530. The molecule has 0 radical (unpaired) electrons. The Balaban J connectivity index is 2.50. The van der Waals surface area contributed by atoms with Crippen LogP contribution in [0, 0.1) is 0 Å². The Bertz CT molecular complexity index is 138. The van der Waals surface area contributed by atoms with Crippen molar-refractivity contribution in [1.29, 1.82) is 0 Å². The molecular formula is C7H13NO. The normalized spacial score (nSPS) is 23.2. The van der Waals surface area contributed by atoms with Crippen molar-refractivity contribution in [1.82, 2.24) is 0 Å². The molecule has 0 aromatic carbocycles. The van der Waals surface area contributed by atoms with Crippen LogP contribution in [0.5, 0.6) is 0 Å². The molecule has 0 saturated carbocycles. The molecule has 0 spiro atoms. The highest BCUT2D eigenvalue weighted by Gasteiger charge is 2.25. The van der Waals surface area contributed by atoms with E-state index in [0.29, 0.717) is 0 Å². The molecule has 0 fully saturated rings. The molecule has 0 aromatic rings. The fourth-order valence-corrected chi connectivity index (χ4v) is 0.846. The number of aliphatic imine (C=N–C) groups is 1. The predicted molar refractivity (Wildman–Crippen MR) is 37.8 cm³/mol. The van der Waals surface area contributed by atoms with E-state index in [0.717, 1.165) is 18.9 Å². The molecule has 0 bridgehead atoms. The van der Waals surface area contributed by atoms with E-state index in [2.05, 4.69) is 25.8 Å². The maximum absolute atomic E-state index is 5.45. The minimum atomic E-state index is -0.0364. The van der Waals surface area contributed by atoms with Crippen molar-refractivity contribution in [2.24, 2.45) is 4.99 Å². The van der Waals surface area contributed by atoms with Crippen LogP contribution in [0.1, 0.15) is 27.2 Å². The van der Waals surface area contributed by atoms with E-state index in [1.807, 2.05) is 0 Å². The van der Waals surface area contributed by atoms with E-state index in [9.17, 15) is 0 Å². The summed E-state index contributed by atoms with van der Waals surface area (Å²) >= 11 is 0. The Kier molecular flexibility index (Phi) is 1.47. The van der Waals surface area contributed by atoms with Gasteiger partial charge in [0.2, 0.25) is 0 Å². The molecule has 0 N–H and O–H groups in total. The van der Waals surface area contributed by atoms with Crippen molar-refractivity contribution in [2.75, 3.05) is 6.54 Å². The molecule has 52 valence electrons. The van der Waals surface area contributed by atoms with Crippen molar-refractivity contribution < 1.29 is 4.74 Å². The van der Waals surface area contributed by atoms with Gasteiger partial charge in [0.25, 0.3) is 0 Å². The van der Waals surface area contributed by atoms with Crippen LogP contribution in [-0.2, 0) is 4.74 Å². The summed E-state index contributed by atoms with van der Waals surface area (Å²) < 4.78 is 5.45. The lowest BCUT2D eigenvalue weighted by atomic mass is 10.1. The molecule has 0 amide bonds. The second-order valence-electron chi connectivity index (χ2n) is 2.93. The Morgan fingerprint density at radius 2 is 2.33 bits per heavy atom. The number of rotatable bonds is 1. The first-order valence-electron chi connectivity index (χ1n) is 3.36. The van der Waals surface area contributed by atoms with Crippen LogP contribution in [0.2, 0.25) is 0 Å². The summed E-state index contributed by atoms with van der Waals surface area (Å²) in [6.07, 6.45) is 0.920. The number of nitrogens with zero attached hydrogens (tertiary/aromatic N) is 1. The smallest absolute Gasteiger partial charge is 0.183 e. The van der Waals surface area contributed by atoms with Gasteiger partial charge >= 0.3 is 0 Å². The zero-order valence-electron chi connectivity index (χ0n) is 6.27. The molecule has 0 saturated heterocycles. The van der Waals surface area contributed by atoms with Gasteiger partial charge in [-0.2, -0.15) is 0 Å². The lowest BCUT2D eigenvalue weighted by Gasteiger charge is -2.16. The van der Waals surface area contributed by atoms with Crippen LogP contribution in [-0.4, -0.2) is 18.0 Å². The van der Waals surface area contributed by atoms with Gasteiger partial charge in [-0.15, -0.1) is 0 Å². The second kappa shape index (κ2) is 2.01. The molecule has 1 aliphatic rings. The third-order valence-electron chi connectivity index (χ3n) is 1.33. The van der Waals surface area contributed by atoms with E-state index in [-0.39, 0.29) is 5.60 Å². The summed E-state index contributed by atoms with van der Waals surface area (Å²) in [6.45, 7) is 6.98. The average molecular weight is 127 g/mol. The first-order chi connectivity index (χ1) is 4.14. The quantitative estimate of drug-likeness (QED) is 0.524. The molecule has 1 rings (SSSR count).